The summed E-state index contributed by atoms with van der Waals surface area (Å²) in [6.45, 7) is -0.317. The van der Waals surface area contributed by atoms with Gasteiger partial charge in [-0.05, 0) is 71.8 Å². The van der Waals surface area contributed by atoms with E-state index in [1.807, 2.05) is 60.7 Å². The van der Waals surface area contributed by atoms with Crippen molar-refractivity contribution in [3.05, 3.63) is 224 Å². The van der Waals surface area contributed by atoms with Crippen LogP contribution in [-0.4, -0.2) is 53.3 Å². The van der Waals surface area contributed by atoms with E-state index in [1.54, 1.807) is 45.5 Å². The number of nitrogens with zero attached hydrogens (tertiary/aromatic N) is 6. The number of alkyl carbamates (subject to hydrolysis) is 2. The van der Waals surface area contributed by atoms with Crippen LogP contribution in [0.25, 0.3) is 11.4 Å². The van der Waals surface area contributed by atoms with Gasteiger partial charge in [0.2, 0.25) is 0 Å². The summed E-state index contributed by atoms with van der Waals surface area (Å²) in [6, 6.07) is 38.6. The number of hydrogen-bond acceptors (Lipinski definition) is 12. The summed E-state index contributed by atoms with van der Waals surface area (Å²) in [5.74, 6) is -1.33. The van der Waals surface area contributed by atoms with Crippen molar-refractivity contribution in [2.24, 2.45) is 0 Å². The molecule has 0 saturated carbocycles. The van der Waals surface area contributed by atoms with Crippen LogP contribution < -0.4 is 10.6 Å². The zero-order chi connectivity index (χ0) is 49.0. The Morgan fingerprint density at radius 2 is 0.857 bits per heavy atom. The van der Waals surface area contributed by atoms with Crippen molar-refractivity contribution in [3.63, 3.8) is 0 Å². The van der Waals surface area contributed by atoms with Gasteiger partial charge < -0.3 is 20.1 Å². The van der Waals surface area contributed by atoms with E-state index in [9.17, 15) is 19.2 Å². The maximum atomic E-state index is 15.1. The van der Waals surface area contributed by atoms with Gasteiger partial charge in [0.1, 0.15) is 36.5 Å². The molecule has 2 amide bonds. The number of carbonyl (C=O) groups excluding carboxylic acids is 4. The highest BCUT2D eigenvalue weighted by molar-refractivity contribution is 8.76. The average molecular weight is 1020 g/mol. The Hall–Kier alpha value is -7.38. The number of benzene rings is 6. The largest absolute Gasteiger partial charge is 0.445 e. The molecule has 2 aromatic heterocycles. The maximum Gasteiger partial charge on any atom is 0.407 e. The van der Waals surface area contributed by atoms with Crippen molar-refractivity contribution < 1.29 is 37.4 Å². The Morgan fingerprint density at radius 1 is 0.486 bits per heavy atom. The molecule has 0 bridgehead atoms. The highest BCUT2D eigenvalue weighted by atomic mass is 35.5. The van der Waals surface area contributed by atoms with Crippen LogP contribution in [0.3, 0.4) is 0 Å². The van der Waals surface area contributed by atoms with Gasteiger partial charge in [0, 0.05) is 21.2 Å². The molecule has 2 heterocycles. The van der Waals surface area contributed by atoms with Crippen LogP contribution >= 0.6 is 44.8 Å². The van der Waals surface area contributed by atoms with Crippen LogP contribution in [0.2, 0.25) is 10.0 Å². The number of halogens is 4. The molecule has 8 aromatic rings. The molecule has 6 aromatic carbocycles. The Labute approximate surface area is 417 Å². The SMILES string of the molecule is O=C(NCc1nnc(CSSCc2nnc(CNC(=O)OCc3ccccc3)n2-c2ccc(Cl)cc2C(=O)c2ccccc2F)n1-c1ccc(Cl)cc1C(=O)c1ccccc1F)OCc1ccccc1. The Balaban J connectivity index is 1.07. The summed E-state index contributed by atoms with van der Waals surface area (Å²) in [5, 5.41) is 23.5. The van der Waals surface area contributed by atoms with Crippen molar-refractivity contribution >= 4 is 68.5 Å². The normalized spacial score (nSPS) is 11.0. The molecule has 0 radical (unpaired) electrons. The van der Waals surface area contributed by atoms with Gasteiger partial charge in [-0.2, -0.15) is 0 Å². The molecule has 0 unspecified atom stereocenters. The number of ketones is 2. The molecule has 0 aliphatic rings. The predicted octanol–water partition coefficient (Wildman–Crippen LogP) is 10.8. The zero-order valence-corrected chi connectivity index (χ0v) is 39.7. The van der Waals surface area contributed by atoms with Gasteiger partial charge in [0.15, 0.2) is 23.2 Å². The molecule has 354 valence electrons. The number of nitrogens with one attached hydrogen (secondary N) is 2. The van der Waals surface area contributed by atoms with Crippen molar-refractivity contribution in [1.82, 2.24) is 40.2 Å². The summed E-state index contributed by atoms with van der Waals surface area (Å²) < 4.78 is 44.1. The summed E-state index contributed by atoms with van der Waals surface area (Å²) in [4.78, 5) is 53.8. The molecule has 70 heavy (non-hydrogen) atoms. The third-order valence-electron chi connectivity index (χ3n) is 10.4. The summed E-state index contributed by atoms with van der Waals surface area (Å²) >= 11 is 12.9. The number of hydrogen-bond donors (Lipinski definition) is 2. The quantitative estimate of drug-likeness (QED) is 0.0447. The maximum absolute atomic E-state index is 15.1. The molecule has 20 heteroatoms. The Bertz CT molecular complexity index is 2970. The lowest BCUT2D eigenvalue weighted by Gasteiger charge is -2.16. The fourth-order valence-corrected chi connectivity index (χ4v) is 9.30. The molecule has 14 nitrogen and oxygen atoms in total. The number of amides is 2. The Morgan fingerprint density at radius 3 is 1.26 bits per heavy atom. The molecule has 8 rings (SSSR count). The van der Waals surface area contributed by atoms with Crippen LogP contribution in [0.4, 0.5) is 18.4 Å². The van der Waals surface area contributed by atoms with Crippen molar-refractivity contribution in [1.29, 1.82) is 0 Å². The van der Waals surface area contributed by atoms with Gasteiger partial charge in [0.05, 0.1) is 47.1 Å². The van der Waals surface area contributed by atoms with Crippen LogP contribution in [0.1, 0.15) is 66.3 Å². The fraction of sp³-hybridized carbons (Fsp3) is 0.120. The standard InChI is InChI=1S/C50H38Cl2F2N8O6S2/c51-33-19-21-41(37(23-33)47(63)35-15-7-9-17-39(35)53)61-43(25-55-49(65)67-27-31-11-3-1-4-12-31)57-59-45(61)29-69-70-30-46-60-58-44(26-56-50(66)68-28-32-13-5-2-6-14-32)62(46)42-22-20-34(52)24-38(42)48(64)36-16-8-10-18-40(36)54/h1-24H,25-30H2,(H,55,65)(H,56,66). The van der Waals surface area contributed by atoms with Crippen LogP contribution in [0.5, 0.6) is 0 Å². The minimum atomic E-state index is -0.731. The molecular weight excluding hydrogens is 982 g/mol. The molecular formula is C50H38Cl2F2N8O6S2. The second-order valence-corrected chi connectivity index (χ2v) is 18.4. The number of rotatable bonds is 19. The number of carbonyl (C=O) groups is 4. The van der Waals surface area contributed by atoms with E-state index in [2.05, 4.69) is 31.0 Å². The van der Waals surface area contributed by atoms with E-state index in [1.165, 1.54) is 70.1 Å². The molecule has 0 fully saturated rings. The third-order valence-corrected chi connectivity index (χ3v) is 13.0. The topological polar surface area (TPSA) is 172 Å². The molecule has 0 aliphatic heterocycles. The van der Waals surface area contributed by atoms with Crippen molar-refractivity contribution in [2.75, 3.05) is 0 Å². The Kier molecular flexibility index (Phi) is 16.3. The van der Waals surface area contributed by atoms with Crippen molar-refractivity contribution in [2.45, 2.75) is 37.8 Å². The lowest BCUT2D eigenvalue weighted by Crippen LogP contribution is -2.26. The van der Waals surface area contributed by atoms with Gasteiger partial charge in [-0.1, -0.05) is 130 Å². The number of aromatic nitrogens is 6. The van der Waals surface area contributed by atoms with Crippen LogP contribution in [0, 0.1) is 11.6 Å². The first kappa shape index (κ1) is 49.1. The van der Waals surface area contributed by atoms with Gasteiger partial charge in [-0.15, -0.1) is 20.4 Å². The molecule has 2 N–H and O–H groups in total. The second-order valence-electron chi connectivity index (χ2n) is 15.0. The lowest BCUT2D eigenvalue weighted by atomic mass is 10.0. The third kappa shape index (κ3) is 12.1. The van der Waals surface area contributed by atoms with E-state index in [-0.39, 0.29) is 93.1 Å². The zero-order valence-electron chi connectivity index (χ0n) is 36.6. The van der Waals surface area contributed by atoms with E-state index < -0.39 is 35.4 Å². The van der Waals surface area contributed by atoms with Crippen molar-refractivity contribution in [3.8, 4) is 11.4 Å². The first-order chi connectivity index (χ1) is 34.0. The second kappa shape index (κ2) is 23.3. The summed E-state index contributed by atoms with van der Waals surface area (Å²) in [7, 11) is 2.64. The fourth-order valence-electron chi connectivity index (χ4n) is 7.07. The summed E-state index contributed by atoms with van der Waals surface area (Å²) in [6.07, 6.45) is -1.46. The minimum absolute atomic E-state index is 0.0191. The number of ether oxygens (including phenoxy) is 2. The first-order valence-corrected chi connectivity index (χ1v) is 24.5. The molecule has 0 saturated heterocycles. The highest BCUT2D eigenvalue weighted by Crippen LogP contribution is 2.34. The van der Waals surface area contributed by atoms with E-state index in [0.717, 1.165) is 11.1 Å². The predicted molar refractivity (Wildman–Crippen MR) is 262 cm³/mol. The monoisotopic (exact) mass is 1020 g/mol. The van der Waals surface area contributed by atoms with Gasteiger partial charge in [-0.3, -0.25) is 18.7 Å². The van der Waals surface area contributed by atoms with Gasteiger partial charge in [0.25, 0.3) is 0 Å². The smallest absolute Gasteiger partial charge is 0.407 e. The van der Waals surface area contributed by atoms with Gasteiger partial charge >= 0.3 is 12.2 Å². The molecule has 0 aliphatic carbocycles. The highest BCUT2D eigenvalue weighted by Gasteiger charge is 2.26. The first-order valence-electron chi connectivity index (χ1n) is 21.2. The lowest BCUT2D eigenvalue weighted by molar-refractivity contribution is 0.102. The van der Waals surface area contributed by atoms with Crippen LogP contribution in [0.15, 0.2) is 146 Å². The summed E-state index contributed by atoms with van der Waals surface area (Å²) in [5.41, 5.74) is 1.83. The molecule has 0 spiro atoms. The van der Waals surface area contributed by atoms with Crippen LogP contribution in [-0.2, 0) is 47.3 Å². The van der Waals surface area contributed by atoms with Gasteiger partial charge in [-0.25, -0.2) is 18.4 Å². The van der Waals surface area contributed by atoms with E-state index in [4.69, 9.17) is 32.7 Å². The van der Waals surface area contributed by atoms with E-state index in [0.29, 0.717) is 11.6 Å². The minimum Gasteiger partial charge on any atom is -0.445 e. The average Bonchev–Trinajstić information content (AvgIpc) is 3.98. The molecule has 0 atom stereocenters. The van der Waals surface area contributed by atoms with E-state index >= 15 is 8.78 Å².